The predicted octanol–water partition coefficient (Wildman–Crippen LogP) is 2.17. The van der Waals surface area contributed by atoms with Crippen LogP contribution in [0.25, 0.3) is 0 Å². The SMILES string of the molecule is CCOC(=O)C(CC(F)(F)F)N1C(=O)c2ccccc2C1=O. The van der Waals surface area contributed by atoms with Crippen molar-refractivity contribution >= 4 is 17.8 Å². The van der Waals surface area contributed by atoms with Gasteiger partial charge in [-0.25, -0.2) is 4.79 Å². The van der Waals surface area contributed by atoms with Crippen LogP contribution in [0.15, 0.2) is 24.3 Å². The van der Waals surface area contributed by atoms with Gasteiger partial charge in [0.25, 0.3) is 11.8 Å². The number of hydrogen-bond acceptors (Lipinski definition) is 4. The van der Waals surface area contributed by atoms with Crippen molar-refractivity contribution in [2.45, 2.75) is 25.6 Å². The van der Waals surface area contributed by atoms with Crippen LogP contribution in [0.5, 0.6) is 0 Å². The summed E-state index contributed by atoms with van der Waals surface area (Å²) in [6.45, 7) is 1.27. The van der Waals surface area contributed by atoms with Gasteiger partial charge in [0.05, 0.1) is 24.2 Å². The van der Waals surface area contributed by atoms with Crippen LogP contribution in [0, 0.1) is 0 Å². The van der Waals surface area contributed by atoms with E-state index in [2.05, 4.69) is 4.74 Å². The number of hydrogen-bond donors (Lipinski definition) is 0. The van der Waals surface area contributed by atoms with Crippen LogP contribution in [0.1, 0.15) is 34.1 Å². The summed E-state index contributed by atoms with van der Waals surface area (Å²) in [7, 11) is 0. The maximum atomic E-state index is 12.7. The van der Waals surface area contributed by atoms with Crippen molar-refractivity contribution in [2.24, 2.45) is 0 Å². The highest BCUT2D eigenvalue weighted by Gasteiger charge is 2.47. The van der Waals surface area contributed by atoms with Crippen LogP contribution in [0.3, 0.4) is 0 Å². The van der Waals surface area contributed by atoms with Crippen molar-refractivity contribution in [2.75, 3.05) is 6.61 Å². The molecule has 0 saturated carbocycles. The highest BCUT2D eigenvalue weighted by Crippen LogP contribution is 2.30. The van der Waals surface area contributed by atoms with E-state index in [1.807, 2.05) is 0 Å². The van der Waals surface area contributed by atoms with Gasteiger partial charge in [-0.05, 0) is 19.1 Å². The lowest BCUT2D eigenvalue weighted by Crippen LogP contribution is -2.47. The molecular formula is C14H12F3NO4. The summed E-state index contributed by atoms with van der Waals surface area (Å²) in [5.74, 6) is -3.11. The molecule has 2 rings (SSSR count). The first-order valence-corrected chi connectivity index (χ1v) is 6.46. The van der Waals surface area contributed by atoms with Gasteiger partial charge in [0.2, 0.25) is 0 Å². The van der Waals surface area contributed by atoms with Gasteiger partial charge in [0.1, 0.15) is 6.04 Å². The van der Waals surface area contributed by atoms with Crippen molar-refractivity contribution in [3.8, 4) is 0 Å². The van der Waals surface area contributed by atoms with Crippen LogP contribution in [0.4, 0.5) is 13.2 Å². The Morgan fingerprint density at radius 2 is 1.68 bits per heavy atom. The first-order chi connectivity index (χ1) is 10.3. The summed E-state index contributed by atoms with van der Waals surface area (Å²) in [6, 6.07) is 3.59. The Morgan fingerprint density at radius 3 is 2.09 bits per heavy atom. The average Bonchev–Trinajstić information content (AvgIpc) is 2.68. The minimum atomic E-state index is -4.73. The van der Waals surface area contributed by atoms with Crippen LogP contribution < -0.4 is 0 Å². The van der Waals surface area contributed by atoms with Gasteiger partial charge in [-0.1, -0.05) is 12.1 Å². The van der Waals surface area contributed by atoms with Gasteiger partial charge in [-0.15, -0.1) is 0 Å². The molecule has 0 N–H and O–H groups in total. The smallest absolute Gasteiger partial charge is 0.391 e. The second-order valence-corrected chi connectivity index (χ2v) is 4.61. The lowest BCUT2D eigenvalue weighted by Gasteiger charge is -2.25. The van der Waals surface area contributed by atoms with Crippen molar-refractivity contribution in [3.05, 3.63) is 35.4 Å². The maximum absolute atomic E-state index is 12.7. The van der Waals surface area contributed by atoms with Gasteiger partial charge >= 0.3 is 12.1 Å². The highest BCUT2D eigenvalue weighted by molar-refractivity contribution is 6.22. The second-order valence-electron chi connectivity index (χ2n) is 4.61. The summed E-state index contributed by atoms with van der Waals surface area (Å²) in [4.78, 5) is 36.5. The topological polar surface area (TPSA) is 63.7 Å². The van der Waals surface area contributed by atoms with E-state index in [4.69, 9.17) is 0 Å². The van der Waals surface area contributed by atoms with Crippen LogP contribution >= 0.6 is 0 Å². The molecular weight excluding hydrogens is 303 g/mol. The Hall–Kier alpha value is -2.38. The first-order valence-electron chi connectivity index (χ1n) is 6.46. The van der Waals surface area contributed by atoms with E-state index in [9.17, 15) is 27.6 Å². The number of esters is 1. The molecule has 1 aromatic rings. The number of imide groups is 1. The third-order valence-electron chi connectivity index (χ3n) is 3.12. The van der Waals surface area contributed by atoms with E-state index in [0.717, 1.165) is 0 Å². The van der Waals surface area contributed by atoms with Crippen molar-refractivity contribution < 1.29 is 32.3 Å². The van der Waals surface area contributed by atoms with Gasteiger partial charge in [-0.3, -0.25) is 14.5 Å². The lowest BCUT2D eigenvalue weighted by atomic mass is 10.1. The molecule has 8 heteroatoms. The van der Waals surface area contributed by atoms with Gasteiger partial charge in [0.15, 0.2) is 0 Å². The summed E-state index contributed by atoms with van der Waals surface area (Å²) >= 11 is 0. The molecule has 0 spiro atoms. The number of alkyl halides is 3. The predicted molar refractivity (Wildman–Crippen MR) is 68.0 cm³/mol. The Labute approximate surface area is 123 Å². The highest BCUT2D eigenvalue weighted by atomic mass is 19.4. The Bertz CT molecular complexity index is 592. The largest absolute Gasteiger partial charge is 0.464 e. The van der Waals surface area contributed by atoms with E-state index >= 15 is 0 Å². The summed E-state index contributed by atoms with van der Waals surface area (Å²) < 4.78 is 42.6. The molecule has 118 valence electrons. The molecule has 0 aromatic heterocycles. The normalized spacial score (nSPS) is 15.7. The van der Waals surface area contributed by atoms with E-state index in [0.29, 0.717) is 4.90 Å². The Kier molecular flexibility index (Phi) is 4.20. The molecule has 1 aliphatic heterocycles. The zero-order chi connectivity index (χ0) is 16.5. The van der Waals surface area contributed by atoms with Gasteiger partial charge in [0, 0.05) is 0 Å². The van der Waals surface area contributed by atoms with Gasteiger partial charge < -0.3 is 4.74 Å². The second kappa shape index (κ2) is 5.78. The Balaban J connectivity index is 2.39. The van der Waals surface area contributed by atoms with E-state index in [1.54, 1.807) is 0 Å². The van der Waals surface area contributed by atoms with Crippen molar-refractivity contribution in [3.63, 3.8) is 0 Å². The number of carbonyl (C=O) groups excluding carboxylic acids is 3. The molecule has 1 aliphatic rings. The number of rotatable bonds is 4. The lowest BCUT2D eigenvalue weighted by molar-refractivity contribution is -0.166. The van der Waals surface area contributed by atoms with Gasteiger partial charge in [-0.2, -0.15) is 13.2 Å². The zero-order valence-corrected chi connectivity index (χ0v) is 11.5. The number of carbonyl (C=O) groups is 3. The van der Waals surface area contributed by atoms with Crippen LogP contribution in [-0.4, -0.2) is 41.5 Å². The fourth-order valence-corrected chi connectivity index (χ4v) is 2.23. The quantitative estimate of drug-likeness (QED) is 0.631. The number of ether oxygens (including phenoxy) is 1. The molecule has 1 unspecified atom stereocenters. The summed E-state index contributed by atoms with van der Waals surface area (Å²) in [6.07, 6.45) is -6.37. The molecule has 1 heterocycles. The number of amides is 2. The molecule has 0 saturated heterocycles. The van der Waals surface area contributed by atoms with E-state index in [1.165, 1.54) is 31.2 Å². The molecule has 1 atom stereocenters. The minimum Gasteiger partial charge on any atom is -0.464 e. The zero-order valence-electron chi connectivity index (χ0n) is 11.5. The number of benzene rings is 1. The molecule has 5 nitrogen and oxygen atoms in total. The summed E-state index contributed by atoms with van der Waals surface area (Å²) in [5, 5.41) is 0. The standard InChI is InChI=1S/C14H12F3NO4/c1-2-22-13(21)10(7-14(15,16)17)18-11(19)8-5-3-4-6-9(8)12(18)20/h3-6,10H,2,7H2,1H3. The number of halogens is 3. The van der Waals surface area contributed by atoms with Crippen molar-refractivity contribution in [1.82, 2.24) is 4.90 Å². The van der Waals surface area contributed by atoms with Crippen molar-refractivity contribution in [1.29, 1.82) is 0 Å². The molecule has 22 heavy (non-hydrogen) atoms. The number of fused-ring (bicyclic) bond motifs is 1. The average molecular weight is 315 g/mol. The van der Waals surface area contributed by atoms with Crippen LogP contribution in [-0.2, 0) is 9.53 Å². The molecule has 0 fully saturated rings. The molecule has 0 aliphatic carbocycles. The summed E-state index contributed by atoms with van der Waals surface area (Å²) in [5.41, 5.74) is -0.0482. The van der Waals surface area contributed by atoms with E-state index in [-0.39, 0.29) is 17.7 Å². The molecule has 0 bridgehead atoms. The van der Waals surface area contributed by atoms with Crippen LogP contribution in [0.2, 0.25) is 0 Å². The maximum Gasteiger partial charge on any atom is 0.391 e. The fourth-order valence-electron chi connectivity index (χ4n) is 2.23. The molecule has 0 radical (unpaired) electrons. The fraction of sp³-hybridized carbons (Fsp3) is 0.357. The Morgan fingerprint density at radius 1 is 1.18 bits per heavy atom. The minimum absolute atomic E-state index is 0.0241. The number of nitrogens with zero attached hydrogens (tertiary/aromatic N) is 1. The first kappa shape index (κ1) is 16.0. The third-order valence-corrected chi connectivity index (χ3v) is 3.12. The molecule has 2 amide bonds. The molecule has 1 aromatic carbocycles. The van der Waals surface area contributed by atoms with E-state index < -0.39 is 36.4 Å². The third kappa shape index (κ3) is 2.95. The monoisotopic (exact) mass is 315 g/mol.